The van der Waals surface area contributed by atoms with Crippen molar-refractivity contribution in [1.29, 1.82) is 0 Å². The monoisotopic (exact) mass is 352 g/mol. The van der Waals surface area contributed by atoms with Gasteiger partial charge < -0.3 is 9.47 Å². The minimum Gasteiger partial charge on any atom is -0.480 e. The van der Waals surface area contributed by atoms with Crippen molar-refractivity contribution in [2.24, 2.45) is 0 Å². The van der Waals surface area contributed by atoms with Gasteiger partial charge in [0.25, 0.3) is 0 Å². The van der Waals surface area contributed by atoms with Crippen LogP contribution in [0.2, 0.25) is 10.0 Å². The van der Waals surface area contributed by atoms with E-state index in [4.69, 9.17) is 32.7 Å². The van der Waals surface area contributed by atoms with Crippen LogP contribution in [-0.2, 0) is 10.2 Å². The first-order valence-corrected chi connectivity index (χ1v) is 7.90. The number of hydrogen-bond donors (Lipinski definition) is 0. The van der Waals surface area contributed by atoms with Gasteiger partial charge in [0.05, 0.1) is 5.02 Å². The van der Waals surface area contributed by atoms with Gasteiger partial charge in [0.1, 0.15) is 11.5 Å². The molecule has 122 valence electrons. The third-order valence-corrected chi connectivity index (χ3v) is 3.74. The summed E-state index contributed by atoms with van der Waals surface area (Å²) >= 11 is 11.8. The van der Waals surface area contributed by atoms with E-state index in [1.165, 1.54) is 5.56 Å². The van der Waals surface area contributed by atoms with Gasteiger partial charge in [-0.05, 0) is 35.2 Å². The van der Waals surface area contributed by atoms with E-state index in [0.29, 0.717) is 21.5 Å². The number of esters is 1. The molecule has 3 nitrogen and oxygen atoms in total. The fourth-order valence-corrected chi connectivity index (χ4v) is 2.24. The molecule has 0 aliphatic carbocycles. The molecule has 0 bridgehead atoms. The summed E-state index contributed by atoms with van der Waals surface area (Å²) in [6.45, 7) is 6.12. The Morgan fingerprint density at radius 2 is 1.70 bits per heavy atom. The van der Waals surface area contributed by atoms with Gasteiger partial charge in [-0.2, -0.15) is 0 Å². The van der Waals surface area contributed by atoms with E-state index >= 15 is 0 Å². The van der Waals surface area contributed by atoms with Crippen molar-refractivity contribution in [2.45, 2.75) is 26.2 Å². The molecule has 2 rings (SSSR count). The zero-order chi connectivity index (χ0) is 17.0. The Morgan fingerprint density at radius 1 is 1.04 bits per heavy atom. The van der Waals surface area contributed by atoms with Gasteiger partial charge >= 0.3 is 5.97 Å². The molecule has 0 unspecified atom stereocenters. The molecule has 2 aromatic rings. The van der Waals surface area contributed by atoms with Gasteiger partial charge in [0.2, 0.25) is 0 Å². The van der Waals surface area contributed by atoms with Crippen LogP contribution in [0.4, 0.5) is 0 Å². The predicted molar refractivity (Wildman–Crippen MR) is 92.7 cm³/mol. The molecule has 0 radical (unpaired) electrons. The highest BCUT2D eigenvalue weighted by Crippen LogP contribution is 2.28. The van der Waals surface area contributed by atoms with Crippen molar-refractivity contribution in [3.63, 3.8) is 0 Å². The normalized spacial score (nSPS) is 11.2. The zero-order valence-corrected chi connectivity index (χ0v) is 14.7. The van der Waals surface area contributed by atoms with Crippen LogP contribution in [0.15, 0.2) is 42.5 Å². The molecule has 5 heteroatoms. The SMILES string of the molecule is CC(C)(C)c1ccc(OC(=O)COc2cc(Cl)ccc2Cl)cc1. The molecule has 2 aromatic carbocycles. The van der Waals surface area contributed by atoms with Crippen LogP contribution >= 0.6 is 23.2 Å². The summed E-state index contributed by atoms with van der Waals surface area (Å²) in [5, 5.41) is 0.868. The average molecular weight is 353 g/mol. The Kier molecular flexibility index (Phi) is 5.55. The zero-order valence-electron chi connectivity index (χ0n) is 13.2. The van der Waals surface area contributed by atoms with Crippen LogP contribution in [-0.4, -0.2) is 12.6 Å². The lowest BCUT2D eigenvalue weighted by Crippen LogP contribution is -2.18. The van der Waals surface area contributed by atoms with Crippen molar-refractivity contribution in [3.05, 3.63) is 58.1 Å². The number of carbonyl (C=O) groups is 1. The van der Waals surface area contributed by atoms with Crippen molar-refractivity contribution < 1.29 is 14.3 Å². The van der Waals surface area contributed by atoms with Gasteiger partial charge in [-0.1, -0.05) is 56.1 Å². The van der Waals surface area contributed by atoms with E-state index in [9.17, 15) is 4.79 Å². The minimum absolute atomic E-state index is 0.0506. The smallest absolute Gasteiger partial charge is 0.349 e. The Morgan fingerprint density at radius 3 is 2.30 bits per heavy atom. The van der Waals surface area contributed by atoms with E-state index in [0.717, 1.165) is 0 Å². The van der Waals surface area contributed by atoms with E-state index in [-0.39, 0.29) is 12.0 Å². The van der Waals surface area contributed by atoms with Crippen LogP contribution in [0, 0.1) is 0 Å². The van der Waals surface area contributed by atoms with Crippen LogP contribution in [0.5, 0.6) is 11.5 Å². The van der Waals surface area contributed by atoms with Crippen LogP contribution in [0.25, 0.3) is 0 Å². The number of carbonyl (C=O) groups excluding carboxylic acids is 1. The van der Waals surface area contributed by atoms with E-state index in [1.54, 1.807) is 30.3 Å². The molecule has 23 heavy (non-hydrogen) atoms. The first-order chi connectivity index (χ1) is 10.8. The first-order valence-electron chi connectivity index (χ1n) is 7.15. The fraction of sp³-hybridized carbons (Fsp3) is 0.278. The second kappa shape index (κ2) is 7.24. The molecular formula is C18H18Cl2O3. The Labute approximate surface area is 146 Å². The molecule has 0 heterocycles. The molecule has 0 N–H and O–H groups in total. The maximum absolute atomic E-state index is 11.8. The predicted octanol–water partition coefficient (Wildman–Crippen LogP) is 5.28. The lowest BCUT2D eigenvalue weighted by molar-refractivity contribution is -0.136. The van der Waals surface area contributed by atoms with Gasteiger partial charge in [-0.3, -0.25) is 0 Å². The summed E-state index contributed by atoms with van der Waals surface area (Å²) < 4.78 is 10.6. The topological polar surface area (TPSA) is 35.5 Å². The van der Waals surface area contributed by atoms with E-state index in [1.807, 2.05) is 12.1 Å². The van der Waals surface area contributed by atoms with Crippen LogP contribution in [0.3, 0.4) is 0 Å². The van der Waals surface area contributed by atoms with Gasteiger partial charge in [-0.25, -0.2) is 4.79 Å². The highest BCUT2D eigenvalue weighted by Gasteiger charge is 2.14. The highest BCUT2D eigenvalue weighted by molar-refractivity contribution is 6.34. The molecule has 0 amide bonds. The molecule has 0 aliphatic heterocycles. The summed E-state index contributed by atoms with van der Waals surface area (Å²) in [7, 11) is 0. The number of ether oxygens (including phenoxy) is 2. The highest BCUT2D eigenvalue weighted by atomic mass is 35.5. The molecule has 0 saturated carbocycles. The Hall–Kier alpha value is -1.71. The molecule has 0 aromatic heterocycles. The second-order valence-corrected chi connectivity index (χ2v) is 6.96. The second-order valence-electron chi connectivity index (χ2n) is 6.11. The summed E-state index contributed by atoms with van der Waals surface area (Å²) in [6.07, 6.45) is 0. The lowest BCUT2D eigenvalue weighted by Gasteiger charge is -2.19. The quantitative estimate of drug-likeness (QED) is 0.554. The fourth-order valence-electron chi connectivity index (χ4n) is 1.91. The largest absolute Gasteiger partial charge is 0.480 e. The molecule has 0 fully saturated rings. The van der Waals surface area contributed by atoms with Crippen molar-refractivity contribution >= 4 is 29.2 Å². The molecule has 0 saturated heterocycles. The van der Waals surface area contributed by atoms with Crippen LogP contribution < -0.4 is 9.47 Å². The lowest BCUT2D eigenvalue weighted by atomic mass is 9.87. The maximum atomic E-state index is 11.8. The number of hydrogen-bond acceptors (Lipinski definition) is 3. The summed E-state index contributed by atoms with van der Waals surface area (Å²) in [5.41, 5.74) is 1.22. The number of halogens is 2. The summed E-state index contributed by atoms with van der Waals surface area (Å²) in [4.78, 5) is 11.8. The molecule has 0 aliphatic rings. The number of benzene rings is 2. The van der Waals surface area contributed by atoms with Gasteiger partial charge in [0, 0.05) is 11.1 Å². The van der Waals surface area contributed by atoms with Gasteiger partial charge in [-0.15, -0.1) is 0 Å². The van der Waals surface area contributed by atoms with E-state index in [2.05, 4.69) is 20.8 Å². The third kappa shape index (κ3) is 5.15. The molecule has 0 spiro atoms. The summed E-state index contributed by atoms with van der Waals surface area (Å²) in [6, 6.07) is 12.2. The van der Waals surface area contributed by atoms with E-state index < -0.39 is 5.97 Å². The van der Waals surface area contributed by atoms with Crippen molar-refractivity contribution in [1.82, 2.24) is 0 Å². The number of rotatable bonds is 4. The first kappa shape index (κ1) is 17.6. The standard InChI is InChI=1S/C18H18Cl2O3/c1-18(2,3)12-4-7-14(8-5-12)23-17(21)11-22-16-10-13(19)6-9-15(16)20/h4-10H,11H2,1-3H3. The Balaban J connectivity index is 1.93. The minimum atomic E-state index is -0.510. The molecule has 0 atom stereocenters. The maximum Gasteiger partial charge on any atom is 0.349 e. The van der Waals surface area contributed by atoms with Crippen molar-refractivity contribution in [3.8, 4) is 11.5 Å². The average Bonchev–Trinajstić information content (AvgIpc) is 2.48. The third-order valence-electron chi connectivity index (χ3n) is 3.19. The summed E-state index contributed by atoms with van der Waals surface area (Å²) in [5.74, 6) is 0.313. The van der Waals surface area contributed by atoms with Gasteiger partial charge in [0.15, 0.2) is 6.61 Å². The van der Waals surface area contributed by atoms with Crippen LogP contribution in [0.1, 0.15) is 26.3 Å². The Bertz CT molecular complexity index is 688. The van der Waals surface area contributed by atoms with Crippen molar-refractivity contribution in [2.75, 3.05) is 6.61 Å². The molecular weight excluding hydrogens is 335 g/mol.